The van der Waals surface area contributed by atoms with E-state index in [0.29, 0.717) is 27.8 Å². The number of nitrogens with one attached hydrogen (secondary N) is 1. The van der Waals surface area contributed by atoms with Crippen LogP contribution in [-0.2, 0) is 0 Å². The van der Waals surface area contributed by atoms with Gasteiger partial charge in [-0.15, -0.1) is 6.42 Å². The second-order valence-corrected chi connectivity index (χ2v) is 6.77. The maximum absolute atomic E-state index is 6.17. The molecule has 2 aromatic rings. The summed E-state index contributed by atoms with van der Waals surface area (Å²) >= 11 is 12.2. The minimum atomic E-state index is 0.00337. The number of aromatic nitrogens is 1. The third-order valence-electron chi connectivity index (χ3n) is 4.45. The van der Waals surface area contributed by atoms with E-state index in [1.54, 1.807) is 6.20 Å². The minimum Gasteiger partial charge on any atom is -0.474 e. The lowest BCUT2D eigenvalue weighted by Crippen LogP contribution is -2.29. The normalized spacial score (nSPS) is 21.2. The molecule has 0 saturated carbocycles. The zero-order valence-corrected chi connectivity index (χ0v) is 14.8. The summed E-state index contributed by atoms with van der Waals surface area (Å²) in [5, 5.41) is 4.59. The zero-order valence-electron chi connectivity index (χ0n) is 13.3. The molecule has 3 nitrogen and oxygen atoms in total. The molecular weight excluding hydrogens is 343 g/mol. The molecule has 1 N–H and O–H groups in total. The van der Waals surface area contributed by atoms with Gasteiger partial charge in [-0.05, 0) is 30.7 Å². The van der Waals surface area contributed by atoms with E-state index in [9.17, 15) is 0 Å². The predicted molar refractivity (Wildman–Crippen MR) is 97.8 cm³/mol. The molecule has 3 unspecified atom stereocenters. The van der Waals surface area contributed by atoms with E-state index in [0.717, 1.165) is 18.7 Å². The number of hydrogen-bond acceptors (Lipinski definition) is 3. The SMILES string of the molecule is C#Cc1ccc(OC(C)C2CNCC2c2ccc(Cl)c(Cl)c2)nc1. The quantitative estimate of drug-likeness (QED) is 0.832. The monoisotopic (exact) mass is 360 g/mol. The Morgan fingerprint density at radius 2 is 2.08 bits per heavy atom. The fourth-order valence-corrected chi connectivity index (χ4v) is 3.42. The van der Waals surface area contributed by atoms with Crippen LogP contribution in [0.4, 0.5) is 0 Å². The van der Waals surface area contributed by atoms with E-state index in [-0.39, 0.29) is 6.10 Å². The van der Waals surface area contributed by atoms with Crippen LogP contribution in [-0.4, -0.2) is 24.2 Å². The molecule has 1 aliphatic heterocycles. The van der Waals surface area contributed by atoms with Crippen LogP contribution in [0.5, 0.6) is 5.88 Å². The summed E-state index contributed by atoms with van der Waals surface area (Å²) in [6.45, 7) is 3.84. The summed E-state index contributed by atoms with van der Waals surface area (Å²) in [7, 11) is 0. The van der Waals surface area contributed by atoms with Gasteiger partial charge in [0.15, 0.2) is 0 Å². The van der Waals surface area contributed by atoms with E-state index >= 15 is 0 Å². The Kier molecular flexibility index (Phi) is 5.30. The van der Waals surface area contributed by atoms with Crippen molar-refractivity contribution in [2.75, 3.05) is 13.1 Å². The summed E-state index contributed by atoms with van der Waals surface area (Å²) in [5.41, 5.74) is 1.91. The van der Waals surface area contributed by atoms with Crippen molar-refractivity contribution < 1.29 is 4.74 Å². The maximum Gasteiger partial charge on any atom is 0.213 e. The number of halogens is 2. The fourth-order valence-electron chi connectivity index (χ4n) is 3.11. The van der Waals surface area contributed by atoms with Crippen LogP contribution in [0.15, 0.2) is 36.5 Å². The fraction of sp³-hybridized carbons (Fsp3) is 0.316. The maximum atomic E-state index is 6.17. The van der Waals surface area contributed by atoms with Crippen LogP contribution >= 0.6 is 23.2 Å². The number of pyridine rings is 1. The highest BCUT2D eigenvalue weighted by molar-refractivity contribution is 6.42. The first-order valence-corrected chi connectivity index (χ1v) is 8.59. The highest BCUT2D eigenvalue weighted by atomic mass is 35.5. The van der Waals surface area contributed by atoms with E-state index < -0.39 is 0 Å². The van der Waals surface area contributed by atoms with Crippen molar-refractivity contribution in [1.29, 1.82) is 0 Å². The number of terminal acetylenes is 1. The molecule has 24 heavy (non-hydrogen) atoms. The van der Waals surface area contributed by atoms with Gasteiger partial charge < -0.3 is 10.1 Å². The zero-order chi connectivity index (χ0) is 17.1. The Labute approximate surface area is 152 Å². The van der Waals surface area contributed by atoms with Crippen molar-refractivity contribution in [1.82, 2.24) is 10.3 Å². The van der Waals surface area contributed by atoms with Crippen LogP contribution in [0, 0.1) is 18.3 Å². The molecule has 0 bridgehead atoms. The third-order valence-corrected chi connectivity index (χ3v) is 5.18. The average Bonchev–Trinajstić information content (AvgIpc) is 3.08. The summed E-state index contributed by atoms with van der Waals surface area (Å²) in [4.78, 5) is 4.26. The number of benzene rings is 1. The lowest BCUT2D eigenvalue weighted by Gasteiger charge is -2.26. The van der Waals surface area contributed by atoms with E-state index in [2.05, 4.69) is 23.1 Å². The van der Waals surface area contributed by atoms with Gasteiger partial charge >= 0.3 is 0 Å². The molecule has 1 aromatic carbocycles. The summed E-state index contributed by atoms with van der Waals surface area (Å²) < 4.78 is 6.02. The molecule has 0 aliphatic carbocycles. The summed E-state index contributed by atoms with van der Waals surface area (Å²) in [5.74, 6) is 3.77. The van der Waals surface area contributed by atoms with Crippen LogP contribution in [0.25, 0.3) is 0 Å². The number of nitrogens with zero attached hydrogens (tertiary/aromatic N) is 1. The molecule has 5 heteroatoms. The Hall–Kier alpha value is -1.73. The Bertz CT molecular complexity index is 755. The Morgan fingerprint density at radius 1 is 1.25 bits per heavy atom. The molecule has 3 atom stereocenters. The van der Waals surface area contributed by atoms with Gasteiger partial charge in [0.2, 0.25) is 5.88 Å². The molecule has 0 spiro atoms. The molecule has 1 aliphatic rings. The lowest BCUT2D eigenvalue weighted by molar-refractivity contribution is 0.145. The predicted octanol–water partition coefficient (Wildman–Crippen LogP) is 4.14. The van der Waals surface area contributed by atoms with Gasteiger partial charge in [-0.25, -0.2) is 4.98 Å². The van der Waals surface area contributed by atoms with E-state index in [1.165, 1.54) is 5.56 Å². The summed E-state index contributed by atoms with van der Waals surface area (Å²) in [6.07, 6.45) is 6.99. The van der Waals surface area contributed by atoms with Crippen LogP contribution in [0.1, 0.15) is 24.0 Å². The van der Waals surface area contributed by atoms with Crippen LogP contribution < -0.4 is 10.1 Å². The topological polar surface area (TPSA) is 34.1 Å². The van der Waals surface area contributed by atoms with E-state index in [1.807, 2.05) is 30.3 Å². The van der Waals surface area contributed by atoms with Crippen molar-refractivity contribution in [3.05, 3.63) is 57.7 Å². The number of hydrogen-bond donors (Lipinski definition) is 1. The molecule has 2 heterocycles. The molecule has 0 radical (unpaired) electrons. The van der Waals surface area contributed by atoms with Crippen molar-refractivity contribution in [3.63, 3.8) is 0 Å². The second kappa shape index (κ2) is 7.44. The minimum absolute atomic E-state index is 0.00337. The highest BCUT2D eigenvalue weighted by Crippen LogP contribution is 2.35. The van der Waals surface area contributed by atoms with Gasteiger partial charge in [-0.3, -0.25) is 0 Å². The molecule has 0 amide bonds. The van der Waals surface area contributed by atoms with Crippen molar-refractivity contribution in [2.45, 2.75) is 18.9 Å². The second-order valence-electron chi connectivity index (χ2n) is 5.95. The van der Waals surface area contributed by atoms with Gasteiger partial charge in [0.25, 0.3) is 0 Å². The average molecular weight is 361 g/mol. The molecular formula is C19H18Cl2N2O. The molecule has 3 rings (SSSR count). The number of rotatable bonds is 4. The van der Waals surface area contributed by atoms with Gasteiger partial charge in [-0.1, -0.05) is 35.2 Å². The van der Waals surface area contributed by atoms with Gasteiger partial charge in [0.05, 0.1) is 10.0 Å². The van der Waals surface area contributed by atoms with Crippen molar-refractivity contribution >= 4 is 23.2 Å². The first kappa shape index (κ1) is 17.1. The molecule has 124 valence electrons. The molecule has 1 aromatic heterocycles. The van der Waals surface area contributed by atoms with Gasteiger partial charge in [0, 0.05) is 42.8 Å². The third kappa shape index (κ3) is 3.67. The Balaban J connectivity index is 1.74. The summed E-state index contributed by atoms with van der Waals surface area (Å²) in [6, 6.07) is 9.47. The van der Waals surface area contributed by atoms with E-state index in [4.69, 9.17) is 34.4 Å². The van der Waals surface area contributed by atoms with Crippen LogP contribution in [0.3, 0.4) is 0 Å². The Morgan fingerprint density at radius 3 is 2.75 bits per heavy atom. The molecule has 1 fully saturated rings. The first-order valence-electron chi connectivity index (χ1n) is 7.83. The number of ether oxygens (including phenoxy) is 1. The first-order chi connectivity index (χ1) is 11.6. The van der Waals surface area contributed by atoms with Gasteiger partial charge in [0.1, 0.15) is 6.10 Å². The van der Waals surface area contributed by atoms with Crippen molar-refractivity contribution in [2.24, 2.45) is 5.92 Å². The lowest BCUT2D eigenvalue weighted by atomic mass is 9.86. The van der Waals surface area contributed by atoms with Crippen molar-refractivity contribution in [3.8, 4) is 18.2 Å². The standard InChI is InChI=1S/C19H18Cl2N2O/c1-3-13-4-7-19(23-9-13)24-12(2)15-10-22-11-16(15)14-5-6-17(20)18(21)8-14/h1,4-9,12,15-16,22H,10-11H2,2H3. The van der Waals surface area contributed by atoms with Gasteiger partial charge in [-0.2, -0.15) is 0 Å². The smallest absolute Gasteiger partial charge is 0.213 e. The molecule has 1 saturated heterocycles. The largest absolute Gasteiger partial charge is 0.474 e. The highest BCUT2D eigenvalue weighted by Gasteiger charge is 2.34. The van der Waals surface area contributed by atoms with Crippen LogP contribution in [0.2, 0.25) is 10.0 Å².